The van der Waals surface area contributed by atoms with Crippen molar-refractivity contribution in [2.75, 3.05) is 139 Å². The maximum absolute atomic E-state index is 6.75. The van der Waals surface area contributed by atoms with Gasteiger partial charge in [-0.3, -0.25) is 0 Å². The Balaban J connectivity index is 0.970. The molecule has 0 saturated heterocycles. The summed E-state index contributed by atoms with van der Waals surface area (Å²) in [5.41, 5.74) is 2.46. The van der Waals surface area contributed by atoms with Gasteiger partial charge >= 0.3 is 0 Å². The Kier molecular flexibility index (Phi) is 37.9. The minimum atomic E-state index is -0.751. The molecule has 3 rings (SSSR count). The van der Waals surface area contributed by atoms with Crippen LogP contribution in [0.3, 0.4) is 0 Å². The molecule has 66 heavy (non-hydrogen) atoms. The van der Waals surface area contributed by atoms with Crippen molar-refractivity contribution in [1.29, 1.82) is 0 Å². The number of rotatable bonds is 49. The first-order valence-electron chi connectivity index (χ1n) is 25.5. The summed E-state index contributed by atoms with van der Waals surface area (Å²) in [6.45, 7) is 13.5. The molecule has 0 amide bonds. The highest BCUT2D eigenvalue weighted by atomic mass is 16.6. The van der Waals surface area contributed by atoms with Crippen LogP contribution in [0.25, 0.3) is 0 Å². The van der Waals surface area contributed by atoms with Gasteiger partial charge in [0.25, 0.3) is 0 Å². The van der Waals surface area contributed by atoms with Gasteiger partial charge in [-0.05, 0) is 23.1 Å². The highest BCUT2D eigenvalue weighted by Crippen LogP contribution is 2.40. The SMILES string of the molecule is CCCCCCCCCCCCCCCCOCCOCCOCCOCCOCCOCCOCCOCCOCCOCCOC(c1ccccc1)(c1ccccc1)c1ccccc1. The third-order valence-electron chi connectivity index (χ3n) is 11.1. The first kappa shape index (κ1) is 57.5. The van der Waals surface area contributed by atoms with Crippen molar-refractivity contribution in [3.05, 3.63) is 108 Å². The zero-order valence-electron chi connectivity index (χ0n) is 40.9. The fourth-order valence-electron chi connectivity index (χ4n) is 7.50. The smallest absolute Gasteiger partial charge is 0.143 e. The third kappa shape index (κ3) is 29.2. The van der Waals surface area contributed by atoms with Crippen LogP contribution in [0.1, 0.15) is 114 Å². The standard InChI is InChI=1S/C55H88O11/c1-2-3-4-5-6-7-8-9-10-11-12-13-14-24-31-56-32-33-57-34-35-58-36-37-59-38-39-60-40-41-61-42-43-62-44-45-63-46-47-64-48-49-65-50-51-66-55(52-25-18-15-19-26-52,53-27-20-16-21-28-53)54-29-22-17-23-30-54/h15-23,25-30H,2-14,24,31-51H2,1H3. The predicted molar refractivity (Wildman–Crippen MR) is 264 cm³/mol. The summed E-state index contributed by atoms with van der Waals surface area (Å²) in [5, 5.41) is 0. The minimum Gasteiger partial charge on any atom is -0.379 e. The van der Waals surface area contributed by atoms with Gasteiger partial charge in [-0.1, -0.05) is 181 Å². The lowest BCUT2D eigenvalue weighted by atomic mass is 9.80. The van der Waals surface area contributed by atoms with Gasteiger partial charge in [-0.2, -0.15) is 0 Å². The van der Waals surface area contributed by atoms with Gasteiger partial charge in [0, 0.05) is 6.61 Å². The summed E-state index contributed by atoms with van der Waals surface area (Å²) in [6, 6.07) is 31.1. The average molecular weight is 925 g/mol. The van der Waals surface area contributed by atoms with Crippen molar-refractivity contribution in [2.45, 2.75) is 102 Å². The number of hydrogen-bond donors (Lipinski definition) is 0. The van der Waals surface area contributed by atoms with Crippen LogP contribution < -0.4 is 0 Å². The van der Waals surface area contributed by atoms with E-state index in [2.05, 4.69) is 43.3 Å². The highest BCUT2D eigenvalue weighted by molar-refractivity contribution is 5.47. The van der Waals surface area contributed by atoms with Crippen LogP contribution in [0.4, 0.5) is 0 Å². The summed E-state index contributed by atoms with van der Waals surface area (Å²) >= 11 is 0. The number of benzene rings is 3. The average Bonchev–Trinajstić information content (AvgIpc) is 3.36. The first-order valence-corrected chi connectivity index (χ1v) is 25.5. The molecule has 0 fully saturated rings. The van der Waals surface area contributed by atoms with Crippen LogP contribution in [0.2, 0.25) is 0 Å². The van der Waals surface area contributed by atoms with E-state index in [9.17, 15) is 0 Å². The van der Waals surface area contributed by atoms with E-state index in [4.69, 9.17) is 52.1 Å². The van der Waals surface area contributed by atoms with Crippen LogP contribution in [-0.2, 0) is 57.7 Å². The minimum absolute atomic E-state index is 0.418. The second kappa shape index (κ2) is 43.5. The molecule has 0 aromatic heterocycles. The fourth-order valence-corrected chi connectivity index (χ4v) is 7.50. The van der Waals surface area contributed by atoms with Gasteiger partial charge in [0.1, 0.15) is 5.60 Å². The first-order chi connectivity index (χ1) is 32.9. The Morgan fingerprint density at radius 2 is 0.455 bits per heavy atom. The number of hydrogen-bond acceptors (Lipinski definition) is 11. The molecule has 0 heterocycles. The molecule has 0 bridgehead atoms. The van der Waals surface area contributed by atoms with E-state index in [0.29, 0.717) is 132 Å². The van der Waals surface area contributed by atoms with Gasteiger partial charge < -0.3 is 52.1 Å². The summed E-state index contributed by atoms with van der Waals surface area (Å²) in [5.74, 6) is 0. The van der Waals surface area contributed by atoms with E-state index in [0.717, 1.165) is 29.7 Å². The maximum atomic E-state index is 6.75. The molecule has 0 atom stereocenters. The van der Waals surface area contributed by atoms with E-state index in [1.165, 1.54) is 83.5 Å². The molecule has 11 heteroatoms. The topological polar surface area (TPSA) is 102 Å². The quantitative estimate of drug-likeness (QED) is 0.0400. The van der Waals surface area contributed by atoms with E-state index >= 15 is 0 Å². The Morgan fingerprint density at radius 3 is 0.712 bits per heavy atom. The molecule has 0 unspecified atom stereocenters. The lowest BCUT2D eigenvalue weighted by molar-refractivity contribution is -0.0399. The molecule has 374 valence electrons. The van der Waals surface area contributed by atoms with Crippen molar-refractivity contribution in [3.63, 3.8) is 0 Å². The van der Waals surface area contributed by atoms with E-state index < -0.39 is 5.60 Å². The molecule has 0 aliphatic carbocycles. The monoisotopic (exact) mass is 925 g/mol. The molecule has 3 aromatic carbocycles. The lowest BCUT2D eigenvalue weighted by Crippen LogP contribution is -2.34. The molecule has 0 aliphatic rings. The molecule has 11 nitrogen and oxygen atoms in total. The number of unbranched alkanes of at least 4 members (excludes halogenated alkanes) is 13. The van der Waals surface area contributed by atoms with E-state index in [1.807, 2.05) is 54.6 Å². The van der Waals surface area contributed by atoms with Crippen molar-refractivity contribution in [1.82, 2.24) is 0 Å². The second-order valence-corrected chi connectivity index (χ2v) is 16.3. The molecule has 3 aromatic rings. The lowest BCUT2D eigenvalue weighted by Gasteiger charge is -2.36. The largest absolute Gasteiger partial charge is 0.379 e. The molecule has 0 aliphatic heterocycles. The van der Waals surface area contributed by atoms with Crippen molar-refractivity contribution < 1.29 is 52.1 Å². The third-order valence-corrected chi connectivity index (χ3v) is 11.1. The summed E-state index contributed by atoms with van der Waals surface area (Å²) in [7, 11) is 0. The van der Waals surface area contributed by atoms with Gasteiger partial charge in [-0.25, -0.2) is 0 Å². The van der Waals surface area contributed by atoms with E-state index in [1.54, 1.807) is 0 Å². The molecule has 0 radical (unpaired) electrons. The second-order valence-electron chi connectivity index (χ2n) is 16.3. The molecule has 0 spiro atoms. The van der Waals surface area contributed by atoms with Gasteiger partial charge in [0.15, 0.2) is 0 Å². The van der Waals surface area contributed by atoms with Crippen LogP contribution in [0.5, 0.6) is 0 Å². The fraction of sp³-hybridized carbons (Fsp3) is 0.673. The predicted octanol–water partition coefficient (Wildman–Crippen LogP) is 10.6. The molecule has 0 saturated carbocycles. The zero-order valence-corrected chi connectivity index (χ0v) is 40.9. The molecular formula is C55H88O11. The Hall–Kier alpha value is -2.78. The zero-order chi connectivity index (χ0) is 46.4. The highest BCUT2D eigenvalue weighted by Gasteiger charge is 2.37. The van der Waals surface area contributed by atoms with Gasteiger partial charge in [-0.15, -0.1) is 0 Å². The Bertz CT molecular complexity index is 1320. The van der Waals surface area contributed by atoms with Crippen LogP contribution in [0, 0.1) is 0 Å². The maximum Gasteiger partial charge on any atom is 0.143 e. The van der Waals surface area contributed by atoms with Crippen LogP contribution >= 0.6 is 0 Å². The Morgan fingerprint density at radius 1 is 0.242 bits per heavy atom. The van der Waals surface area contributed by atoms with Crippen molar-refractivity contribution in [3.8, 4) is 0 Å². The van der Waals surface area contributed by atoms with Crippen molar-refractivity contribution >= 4 is 0 Å². The normalized spacial score (nSPS) is 11.8. The molecular weight excluding hydrogens is 837 g/mol. The van der Waals surface area contributed by atoms with Crippen LogP contribution in [-0.4, -0.2) is 139 Å². The molecule has 0 N–H and O–H groups in total. The summed E-state index contributed by atoms with van der Waals surface area (Å²) < 4.78 is 63.0. The Labute approximate surface area is 399 Å². The van der Waals surface area contributed by atoms with Crippen LogP contribution in [0.15, 0.2) is 91.0 Å². The van der Waals surface area contributed by atoms with Gasteiger partial charge in [0.2, 0.25) is 0 Å². The summed E-state index contributed by atoms with van der Waals surface area (Å²) in [6.07, 6.45) is 19.2. The van der Waals surface area contributed by atoms with Gasteiger partial charge in [0.05, 0.1) is 132 Å². The number of ether oxygens (including phenoxy) is 11. The summed E-state index contributed by atoms with van der Waals surface area (Å²) in [4.78, 5) is 0. The van der Waals surface area contributed by atoms with E-state index in [-0.39, 0.29) is 0 Å². The van der Waals surface area contributed by atoms with Crippen molar-refractivity contribution in [2.24, 2.45) is 0 Å².